The second kappa shape index (κ2) is 13.8. The summed E-state index contributed by atoms with van der Waals surface area (Å²) < 4.78 is 40.8. The third kappa shape index (κ3) is 7.59. The summed E-state index contributed by atoms with van der Waals surface area (Å²) >= 11 is 1.11. The van der Waals surface area contributed by atoms with Crippen molar-refractivity contribution in [2.24, 2.45) is 5.92 Å². The standard InChI is InChI=1S/C33H37N3O6S2/c1-23-19-36(24(2)22-37)33(38)29-18-26(34-44(39,40)32-10-7-17-43-32)13-16-30(29)42-31(23)21-35(3)20-25-11-14-28(15-12-25)41-27-8-5-4-6-9-27/h4-18,23-24,31,34,37H,19-22H2,1-3H3/t23-,24+,31-/m1/s1. The summed E-state index contributed by atoms with van der Waals surface area (Å²) in [5.74, 6) is 1.54. The van der Waals surface area contributed by atoms with Gasteiger partial charge in [-0.15, -0.1) is 11.3 Å². The van der Waals surface area contributed by atoms with Gasteiger partial charge in [0.2, 0.25) is 0 Å². The second-order valence-electron chi connectivity index (χ2n) is 11.1. The van der Waals surface area contributed by atoms with Crippen LogP contribution in [0.25, 0.3) is 0 Å². The second-order valence-corrected chi connectivity index (χ2v) is 14.0. The normalized spacial score (nSPS) is 17.8. The number of aliphatic hydroxyl groups is 1. The minimum absolute atomic E-state index is 0.0535. The number of thiophene rings is 1. The Morgan fingerprint density at radius 3 is 2.48 bits per heavy atom. The van der Waals surface area contributed by atoms with E-state index in [1.54, 1.807) is 35.4 Å². The summed E-state index contributed by atoms with van der Waals surface area (Å²) in [6, 6.07) is 25.1. The number of para-hydroxylation sites is 1. The van der Waals surface area contributed by atoms with Gasteiger partial charge in [0, 0.05) is 31.2 Å². The van der Waals surface area contributed by atoms with Crippen LogP contribution in [0.3, 0.4) is 0 Å². The molecule has 3 aromatic carbocycles. The number of hydrogen-bond acceptors (Lipinski definition) is 8. The molecule has 0 saturated heterocycles. The van der Waals surface area contributed by atoms with Gasteiger partial charge >= 0.3 is 0 Å². The quantitative estimate of drug-likeness (QED) is 0.218. The zero-order valence-corrected chi connectivity index (χ0v) is 26.6. The zero-order valence-electron chi connectivity index (χ0n) is 24.9. The van der Waals surface area contributed by atoms with E-state index in [1.807, 2.05) is 68.6 Å². The lowest BCUT2D eigenvalue weighted by atomic mass is 9.99. The first-order valence-electron chi connectivity index (χ1n) is 14.4. The van der Waals surface area contributed by atoms with Crippen LogP contribution in [0.2, 0.25) is 0 Å². The highest BCUT2D eigenvalue weighted by Gasteiger charge is 2.34. The first-order valence-corrected chi connectivity index (χ1v) is 16.8. The number of ether oxygens (including phenoxy) is 2. The van der Waals surface area contributed by atoms with Crippen molar-refractivity contribution in [3.8, 4) is 17.2 Å². The molecule has 0 bridgehead atoms. The molecule has 0 unspecified atom stereocenters. The number of likely N-dealkylation sites (N-methyl/N-ethyl adjacent to an activating group) is 1. The Morgan fingerprint density at radius 1 is 1.07 bits per heavy atom. The molecular weight excluding hydrogens is 599 g/mol. The van der Waals surface area contributed by atoms with Crippen molar-refractivity contribution in [1.29, 1.82) is 0 Å². The minimum Gasteiger partial charge on any atom is -0.488 e. The van der Waals surface area contributed by atoms with Crippen LogP contribution >= 0.6 is 11.3 Å². The molecule has 2 heterocycles. The van der Waals surface area contributed by atoms with Gasteiger partial charge in [0.15, 0.2) is 0 Å². The fourth-order valence-electron chi connectivity index (χ4n) is 5.10. The van der Waals surface area contributed by atoms with Crippen LogP contribution in [-0.4, -0.2) is 68.1 Å². The van der Waals surface area contributed by atoms with E-state index >= 15 is 0 Å². The zero-order chi connectivity index (χ0) is 31.3. The highest BCUT2D eigenvalue weighted by Crippen LogP contribution is 2.32. The molecule has 11 heteroatoms. The number of carbonyl (C=O) groups excluding carboxylic acids is 1. The van der Waals surface area contributed by atoms with E-state index in [0.29, 0.717) is 25.4 Å². The first-order chi connectivity index (χ1) is 21.1. The molecule has 1 aliphatic rings. The topological polar surface area (TPSA) is 108 Å². The maximum atomic E-state index is 13.7. The van der Waals surface area contributed by atoms with E-state index in [9.17, 15) is 18.3 Å². The molecule has 9 nitrogen and oxygen atoms in total. The molecule has 0 fully saturated rings. The number of nitrogens with one attached hydrogen (secondary N) is 1. The summed E-state index contributed by atoms with van der Waals surface area (Å²) in [6.45, 7) is 5.24. The Balaban J connectivity index is 1.33. The number of carbonyl (C=O) groups is 1. The third-order valence-electron chi connectivity index (χ3n) is 7.52. The molecule has 0 radical (unpaired) electrons. The van der Waals surface area contributed by atoms with Crippen LogP contribution in [0.5, 0.6) is 17.2 Å². The fourth-order valence-corrected chi connectivity index (χ4v) is 7.14. The van der Waals surface area contributed by atoms with Crippen LogP contribution in [0, 0.1) is 5.92 Å². The summed E-state index contributed by atoms with van der Waals surface area (Å²) in [6.07, 6.45) is -0.283. The number of amides is 1. The Morgan fingerprint density at radius 2 is 1.80 bits per heavy atom. The smallest absolute Gasteiger partial charge is 0.271 e. The molecule has 4 aromatic rings. The predicted molar refractivity (Wildman–Crippen MR) is 172 cm³/mol. The van der Waals surface area contributed by atoms with Crippen molar-refractivity contribution >= 4 is 33.0 Å². The molecule has 0 aliphatic carbocycles. The number of benzene rings is 3. The van der Waals surface area contributed by atoms with E-state index in [2.05, 4.69) is 9.62 Å². The lowest BCUT2D eigenvalue weighted by Crippen LogP contribution is -2.49. The van der Waals surface area contributed by atoms with Crippen LogP contribution in [0.15, 0.2) is 94.5 Å². The average Bonchev–Trinajstić information content (AvgIpc) is 3.57. The van der Waals surface area contributed by atoms with Crippen LogP contribution in [0.4, 0.5) is 5.69 Å². The van der Waals surface area contributed by atoms with Gasteiger partial charge in [-0.2, -0.15) is 0 Å². The fraction of sp³-hybridized carbons (Fsp3) is 0.303. The maximum Gasteiger partial charge on any atom is 0.271 e. The summed E-state index contributed by atoms with van der Waals surface area (Å²) in [5.41, 5.74) is 1.61. The summed E-state index contributed by atoms with van der Waals surface area (Å²) in [4.78, 5) is 17.5. The van der Waals surface area contributed by atoms with Gasteiger partial charge in [0.25, 0.3) is 15.9 Å². The molecule has 0 spiro atoms. The Hall–Kier alpha value is -3.90. The van der Waals surface area contributed by atoms with Crippen molar-refractivity contribution in [3.63, 3.8) is 0 Å². The molecule has 44 heavy (non-hydrogen) atoms. The van der Waals surface area contributed by atoms with Crippen molar-refractivity contribution in [1.82, 2.24) is 9.80 Å². The van der Waals surface area contributed by atoms with Crippen LogP contribution in [-0.2, 0) is 16.6 Å². The molecule has 1 amide bonds. The van der Waals surface area contributed by atoms with E-state index < -0.39 is 16.1 Å². The monoisotopic (exact) mass is 635 g/mol. The van der Waals surface area contributed by atoms with E-state index in [-0.39, 0.29) is 40.0 Å². The van der Waals surface area contributed by atoms with Gasteiger partial charge in [-0.25, -0.2) is 8.42 Å². The highest BCUT2D eigenvalue weighted by atomic mass is 32.2. The Kier molecular flexibility index (Phi) is 9.90. The molecule has 3 atom stereocenters. The molecular formula is C33H37N3O6S2. The number of anilines is 1. The van der Waals surface area contributed by atoms with Gasteiger partial charge < -0.3 is 19.5 Å². The predicted octanol–water partition coefficient (Wildman–Crippen LogP) is 5.69. The maximum absolute atomic E-state index is 13.7. The number of hydrogen-bond donors (Lipinski definition) is 2. The molecule has 5 rings (SSSR count). The van der Waals surface area contributed by atoms with Crippen molar-refractivity contribution in [3.05, 3.63) is 101 Å². The van der Waals surface area contributed by atoms with E-state index in [4.69, 9.17) is 9.47 Å². The first kappa shape index (κ1) is 31.5. The van der Waals surface area contributed by atoms with E-state index in [0.717, 1.165) is 28.4 Å². The SMILES string of the molecule is C[C@@H]1CN([C@@H](C)CO)C(=O)c2cc(NS(=O)(=O)c3cccs3)ccc2O[C@@H]1CN(C)Cc1ccc(Oc2ccccc2)cc1. The lowest BCUT2D eigenvalue weighted by molar-refractivity contribution is 0.0341. The molecule has 232 valence electrons. The Labute approximate surface area is 262 Å². The molecule has 1 aliphatic heterocycles. The largest absolute Gasteiger partial charge is 0.488 e. The number of fused-ring (bicyclic) bond motifs is 1. The van der Waals surface area contributed by atoms with Gasteiger partial charge in [0.05, 0.1) is 18.2 Å². The van der Waals surface area contributed by atoms with Crippen molar-refractivity contribution in [2.45, 2.75) is 36.7 Å². The minimum atomic E-state index is -3.80. The molecule has 2 N–H and O–H groups in total. The summed E-state index contributed by atoms with van der Waals surface area (Å²) in [5, 5.41) is 11.6. The van der Waals surface area contributed by atoms with Crippen molar-refractivity contribution in [2.75, 3.05) is 31.5 Å². The van der Waals surface area contributed by atoms with E-state index in [1.165, 1.54) is 12.1 Å². The number of nitrogens with zero attached hydrogens (tertiary/aromatic N) is 2. The van der Waals surface area contributed by atoms with Crippen LogP contribution < -0.4 is 14.2 Å². The van der Waals surface area contributed by atoms with Gasteiger partial charge in [-0.3, -0.25) is 14.4 Å². The Bertz CT molecular complexity index is 1650. The van der Waals surface area contributed by atoms with Gasteiger partial charge in [0.1, 0.15) is 27.6 Å². The van der Waals surface area contributed by atoms with Crippen LogP contribution in [0.1, 0.15) is 29.8 Å². The van der Waals surface area contributed by atoms with Gasteiger partial charge in [-0.1, -0.05) is 43.3 Å². The highest BCUT2D eigenvalue weighted by molar-refractivity contribution is 7.94. The molecule has 1 aromatic heterocycles. The number of aliphatic hydroxyl groups excluding tert-OH is 1. The lowest BCUT2D eigenvalue weighted by Gasteiger charge is -2.38. The van der Waals surface area contributed by atoms with Crippen molar-refractivity contribution < 1.29 is 27.8 Å². The summed E-state index contributed by atoms with van der Waals surface area (Å²) in [7, 11) is -1.78. The van der Waals surface area contributed by atoms with Gasteiger partial charge in [-0.05, 0) is 73.4 Å². The number of rotatable bonds is 11. The number of sulfonamides is 1. The average molecular weight is 636 g/mol. The molecule has 0 saturated carbocycles. The third-order valence-corrected chi connectivity index (χ3v) is 10.3.